The zero-order valence-electron chi connectivity index (χ0n) is 11.7. The van der Waals surface area contributed by atoms with E-state index in [4.69, 9.17) is 16.3 Å². The Morgan fingerprint density at radius 1 is 1.57 bits per heavy atom. The van der Waals surface area contributed by atoms with E-state index in [0.717, 1.165) is 12.3 Å². The van der Waals surface area contributed by atoms with Crippen molar-refractivity contribution in [1.29, 1.82) is 0 Å². The number of nitrogens with zero attached hydrogens (tertiary/aromatic N) is 1. The minimum atomic E-state index is -3.83. The van der Waals surface area contributed by atoms with Crippen LogP contribution in [0.3, 0.4) is 0 Å². The van der Waals surface area contributed by atoms with Gasteiger partial charge in [-0.1, -0.05) is 11.6 Å². The van der Waals surface area contributed by atoms with Crippen LogP contribution in [0.4, 0.5) is 0 Å². The fourth-order valence-electron chi connectivity index (χ4n) is 2.26. The van der Waals surface area contributed by atoms with Crippen LogP contribution in [0.25, 0.3) is 0 Å². The highest BCUT2D eigenvalue weighted by atomic mass is 35.5. The molecule has 0 spiro atoms. The molecule has 1 aromatic heterocycles. The zero-order valence-corrected chi connectivity index (χ0v) is 13.2. The van der Waals surface area contributed by atoms with Gasteiger partial charge in [-0.25, -0.2) is 8.42 Å². The lowest BCUT2D eigenvalue weighted by Crippen LogP contribution is -2.55. The monoisotopic (exact) mass is 336 g/mol. The van der Waals surface area contributed by atoms with Gasteiger partial charge in [0, 0.05) is 19.3 Å². The molecule has 1 aliphatic heterocycles. The maximum Gasteiger partial charge on any atom is 0.266 e. The number of halogens is 1. The molecule has 0 aliphatic carbocycles. The number of sulfonamides is 1. The summed E-state index contributed by atoms with van der Waals surface area (Å²) < 4.78 is 32.0. The quantitative estimate of drug-likeness (QED) is 0.820. The van der Waals surface area contributed by atoms with Crippen LogP contribution in [0, 0.1) is 0 Å². The maximum atomic E-state index is 12.6. The molecule has 0 radical (unpaired) electrons. The SMILES string of the molecule is CC1(C)CN(S(=O)(=O)c2c[nH]c(=O)c(Cl)c2)CC(CO)O1. The fraction of sp³-hybridized carbons (Fsp3) is 0.583. The Labute approximate surface area is 127 Å². The second-order valence-corrected chi connectivity index (χ2v) is 7.84. The average molecular weight is 337 g/mol. The van der Waals surface area contributed by atoms with E-state index in [1.54, 1.807) is 13.8 Å². The van der Waals surface area contributed by atoms with Crippen molar-refractivity contribution in [3.8, 4) is 0 Å². The summed E-state index contributed by atoms with van der Waals surface area (Å²) in [4.78, 5) is 13.4. The molecular formula is C12H17ClN2O5S. The average Bonchev–Trinajstić information content (AvgIpc) is 2.39. The highest BCUT2D eigenvalue weighted by molar-refractivity contribution is 7.89. The van der Waals surface area contributed by atoms with Crippen molar-refractivity contribution >= 4 is 21.6 Å². The van der Waals surface area contributed by atoms with E-state index in [1.165, 1.54) is 4.31 Å². The van der Waals surface area contributed by atoms with E-state index in [-0.39, 0.29) is 29.6 Å². The number of hydrogen-bond acceptors (Lipinski definition) is 5. The van der Waals surface area contributed by atoms with Gasteiger partial charge in [-0.05, 0) is 19.9 Å². The summed E-state index contributed by atoms with van der Waals surface area (Å²) in [7, 11) is -3.83. The van der Waals surface area contributed by atoms with Crippen LogP contribution in [0.1, 0.15) is 13.8 Å². The standard InChI is InChI=1S/C12H17ClN2O5S/c1-12(2)7-15(5-8(6-16)20-12)21(18,19)9-3-10(13)11(17)14-4-9/h3-4,8,16H,5-7H2,1-2H3,(H,14,17). The lowest BCUT2D eigenvalue weighted by atomic mass is 10.1. The van der Waals surface area contributed by atoms with Crippen LogP contribution in [0.2, 0.25) is 5.02 Å². The maximum absolute atomic E-state index is 12.6. The first-order chi connectivity index (χ1) is 9.65. The summed E-state index contributed by atoms with van der Waals surface area (Å²) >= 11 is 5.68. The lowest BCUT2D eigenvalue weighted by molar-refractivity contribution is -0.131. The second kappa shape index (κ2) is 5.69. The van der Waals surface area contributed by atoms with Gasteiger partial charge < -0.3 is 14.8 Å². The summed E-state index contributed by atoms with van der Waals surface area (Å²) in [6.45, 7) is 3.40. The molecule has 1 fully saturated rings. The van der Waals surface area contributed by atoms with Crippen molar-refractivity contribution in [1.82, 2.24) is 9.29 Å². The third kappa shape index (κ3) is 3.46. The van der Waals surface area contributed by atoms with E-state index in [9.17, 15) is 18.3 Å². The van der Waals surface area contributed by atoms with Gasteiger partial charge in [-0.3, -0.25) is 4.79 Å². The smallest absolute Gasteiger partial charge is 0.266 e. The van der Waals surface area contributed by atoms with Crippen LogP contribution in [0.5, 0.6) is 0 Å². The predicted octanol–water partition coefficient (Wildman–Crippen LogP) is 0.189. The molecule has 9 heteroatoms. The second-order valence-electron chi connectivity index (χ2n) is 5.49. The highest BCUT2D eigenvalue weighted by Gasteiger charge is 2.39. The van der Waals surface area contributed by atoms with Crippen molar-refractivity contribution in [2.75, 3.05) is 19.7 Å². The topological polar surface area (TPSA) is 99.7 Å². The molecule has 1 atom stereocenters. The molecule has 2 heterocycles. The number of rotatable bonds is 3. The van der Waals surface area contributed by atoms with E-state index in [0.29, 0.717) is 0 Å². The third-order valence-electron chi connectivity index (χ3n) is 3.12. The van der Waals surface area contributed by atoms with Crippen molar-refractivity contribution in [3.05, 3.63) is 27.6 Å². The van der Waals surface area contributed by atoms with Gasteiger partial charge in [-0.2, -0.15) is 4.31 Å². The van der Waals surface area contributed by atoms with Crippen LogP contribution in [-0.2, 0) is 14.8 Å². The van der Waals surface area contributed by atoms with Gasteiger partial charge in [0.25, 0.3) is 5.56 Å². The molecule has 118 valence electrons. The van der Waals surface area contributed by atoms with Crippen molar-refractivity contribution in [2.45, 2.75) is 30.4 Å². The lowest BCUT2D eigenvalue weighted by Gasteiger charge is -2.41. The zero-order chi connectivity index (χ0) is 15.8. The van der Waals surface area contributed by atoms with Gasteiger partial charge in [0.1, 0.15) is 5.02 Å². The summed E-state index contributed by atoms with van der Waals surface area (Å²) in [5.41, 5.74) is -1.27. The predicted molar refractivity (Wildman–Crippen MR) is 76.9 cm³/mol. The van der Waals surface area contributed by atoms with Crippen LogP contribution < -0.4 is 5.56 Å². The van der Waals surface area contributed by atoms with E-state index >= 15 is 0 Å². The molecule has 1 saturated heterocycles. The number of aromatic amines is 1. The third-order valence-corrected chi connectivity index (χ3v) is 5.19. The number of ether oxygens (including phenoxy) is 1. The van der Waals surface area contributed by atoms with Crippen molar-refractivity contribution in [2.24, 2.45) is 0 Å². The molecule has 1 aromatic rings. The van der Waals surface area contributed by atoms with Gasteiger partial charge >= 0.3 is 0 Å². The fourth-order valence-corrected chi connectivity index (χ4v) is 4.11. The first-order valence-corrected chi connectivity index (χ1v) is 8.14. The number of aromatic nitrogens is 1. The first kappa shape index (κ1) is 16.4. The summed E-state index contributed by atoms with van der Waals surface area (Å²) in [5, 5.41) is 9.05. The molecule has 7 nitrogen and oxygen atoms in total. The van der Waals surface area contributed by atoms with E-state index in [1.807, 2.05) is 0 Å². The molecule has 21 heavy (non-hydrogen) atoms. The van der Waals surface area contributed by atoms with Gasteiger partial charge in [0.05, 0.1) is 23.2 Å². The number of nitrogens with one attached hydrogen (secondary N) is 1. The van der Waals surface area contributed by atoms with Gasteiger partial charge in [-0.15, -0.1) is 0 Å². The molecule has 1 aliphatic rings. The van der Waals surface area contributed by atoms with Crippen molar-refractivity contribution < 1.29 is 18.3 Å². The van der Waals surface area contributed by atoms with Gasteiger partial charge in [0.15, 0.2) is 0 Å². The molecule has 0 saturated carbocycles. The number of aliphatic hydroxyl groups excluding tert-OH is 1. The number of morpholine rings is 1. The minimum absolute atomic E-state index is 0.0407. The molecule has 2 rings (SSSR count). The van der Waals surface area contributed by atoms with Gasteiger partial charge in [0.2, 0.25) is 10.0 Å². The van der Waals surface area contributed by atoms with Crippen LogP contribution in [0.15, 0.2) is 22.0 Å². The largest absolute Gasteiger partial charge is 0.394 e. The number of H-pyrrole nitrogens is 1. The highest BCUT2D eigenvalue weighted by Crippen LogP contribution is 2.26. The molecular weight excluding hydrogens is 320 g/mol. The van der Waals surface area contributed by atoms with Crippen LogP contribution in [-0.4, -0.2) is 54.2 Å². The Bertz CT molecular complexity index is 685. The van der Waals surface area contributed by atoms with E-state index < -0.39 is 27.3 Å². The van der Waals surface area contributed by atoms with E-state index in [2.05, 4.69) is 4.98 Å². The number of aliphatic hydroxyl groups is 1. The summed E-state index contributed by atoms with van der Waals surface area (Å²) in [6, 6.07) is 1.12. The minimum Gasteiger partial charge on any atom is -0.394 e. The Hall–Kier alpha value is -0.930. The number of hydrogen-bond donors (Lipinski definition) is 2. The molecule has 2 N–H and O–H groups in total. The number of pyridine rings is 1. The first-order valence-electron chi connectivity index (χ1n) is 6.33. The summed E-state index contributed by atoms with van der Waals surface area (Å²) in [6.07, 6.45) is 0.515. The Balaban J connectivity index is 2.38. The molecule has 0 bridgehead atoms. The molecule has 0 amide bonds. The molecule has 0 aromatic carbocycles. The Morgan fingerprint density at radius 2 is 2.24 bits per heavy atom. The van der Waals surface area contributed by atoms with Crippen LogP contribution >= 0.6 is 11.6 Å². The molecule has 1 unspecified atom stereocenters. The van der Waals surface area contributed by atoms with Crippen molar-refractivity contribution in [3.63, 3.8) is 0 Å². The Kier molecular flexibility index (Phi) is 4.46. The normalized spacial score (nSPS) is 23.1. The summed E-state index contributed by atoms with van der Waals surface area (Å²) in [5.74, 6) is 0. The Morgan fingerprint density at radius 3 is 2.81 bits per heavy atom.